The molecule has 2 fully saturated rings. The van der Waals surface area contributed by atoms with E-state index in [1.165, 1.54) is 17.2 Å². The number of carbonyl (C=O) groups excluding carboxylic acids is 4. The first-order valence-corrected chi connectivity index (χ1v) is 10.8. The van der Waals surface area contributed by atoms with Crippen molar-refractivity contribution in [1.29, 1.82) is 0 Å². The monoisotopic (exact) mass is 437 g/mol. The van der Waals surface area contributed by atoms with Crippen molar-refractivity contribution < 1.29 is 28.7 Å². The molecule has 1 unspecified atom stereocenters. The molecule has 2 aliphatic rings. The lowest BCUT2D eigenvalue weighted by molar-refractivity contribution is -0.303. The maximum Gasteiger partial charge on any atom is 0.253 e. The maximum atomic E-state index is 12.5. The highest BCUT2D eigenvalue weighted by atomic mass is 16.7. The summed E-state index contributed by atoms with van der Waals surface area (Å²) >= 11 is 0. The van der Waals surface area contributed by atoms with Crippen molar-refractivity contribution in [2.24, 2.45) is 11.3 Å². The van der Waals surface area contributed by atoms with Gasteiger partial charge >= 0.3 is 0 Å². The number of hydrogen-bond acceptors (Lipinski definition) is 6. The van der Waals surface area contributed by atoms with E-state index in [4.69, 9.17) is 9.47 Å². The molecule has 174 valence electrons. The second-order valence-electron chi connectivity index (χ2n) is 9.36. The van der Waals surface area contributed by atoms with Crippen molar-refractivity contribution in [3.05, 3.63) is 12.3 Å². The Bertz CT molecular complexity index is 731. The fraction of sp³-hybridized carbons (Fsp3) is 0.727. The zero-order valence-electron chi connectivity index (χ0n) is 19.2. The summed E-state index contributed by atoms with van der Waals surface area (Å²) < 4.78 is 11.4. The summed E-state index contributed by atoms with van der Waals surface area (Å²) in [6, 6.07) is 0. The van der Waals surface area contributed by atoms with Gasteiger partial charge in [0.15, 0.2) is 5.79 Å². The van der Waals surface area contributed by atoms with Crippen molar-refractivity contribution in [3.63, 3.8) is 0 Å². The number of amides is 4. The van der Waals surface area contributed by atoms with Crippen LogP contribution in [0.3, 0.4) is 0 Å². The van der Waals surface area contributed by atoms with Crippen LogP contribution in [-0.4, -0.2) is 60.1 Å². The second-order valence-corrected chi connectivity index (χ2v) is 9.36. The van der Waals surface area contributed by atoms with Gasteiger partial charge in [0, 0.05) is 43.1 Å². The van der Waals surface area contributed by atoms with E-state index in [1.807, 2.05) is 13.8 Å². The third-order valence-electron chi connectivity index (χ3n) is 5.43. The number of hydrogen-bond donors (Lipinski definition) is 2. The number of imide groups is 1. The van der Waals surface area contributed by atoms with E-state index in [9.17, 15) is 19.2 Å². The highest BCUT2D eigenvalue weighted by Crippen LogP contribution is 2.34. The number of ether oxygens (including phenoxy) is 2. The summed E-state index contributed by atoms with van der Waals surface area (Å²) in [6.45, 7) is 10.4. The molecule has 0 aliphatic carbocycles. The van der Waals surface area contributed by atoms with Gasteiger partial charge in [0.05, 0.1) is 6.61 Å². The molecule has 0 aromatic rings. The fourth-order valence-electron chi connectivity index (χ4n) is 3.52. The highest BCUT2D eigenvalue weighted by molar-refractivity contribution is 6.03. The molecule has 0 spiro atoms. The van der Waals surface area contributed by atoms with Crippen molar-refractivity contribution in [3.8, 4) is 0 Å². The third kappa shape index (κ3) is 7.14. The standard InChI is InChI=1S/C22H35N3O6/c1-15-13-17(27)25(20(15)29)12-8-6-7-10-23-16(26)9-11-24-19(28)18-21(2,3)14-30-22(4,5)31-18/h9,11,15,18H,6-8,10,12-14H2,1-5H3,(H,23,26)(H,24,28)/b11-9+/t15?,18-/m0/s1. The van der Waals surface area contributed by atoms with Crippen molar-refractivity contribution in [1.82, 2.24) is 15.5 Å². The van der Waals surface area contributed by atoms with Crippen LogP contribution in [-0.2, 0) is 28.7 Å². The molecule has 0 radical (unpaired) electrons. The zero-order valence-corrected chi connectivity index (χ0v) is 19.2. The minimum atomic E-state index is -0.841. The lowest BCUT2D eigenvalue weighted by Gasteiger charge is -2.44. The van der Waals surface area contributed by atoms with Gasteiger partial charge in [-0.1, -0.05) is 20.8 Å². The molecule has 2 atom stereocenters. The summed E-state index contributed by atoms with van der Waals surface area (Å²) in [6.07, 6.45) is 4.41. The van der Waals surface area contributed by atoms with Gasteiger partial charge < -0.3 is 20.1 Å². The summed E-state index contributed by atoms with van der Waals surface area (Å²) in [7, 11) is 0. The molecule has 0 bridgehead atoms. The van der Waals surface area contributed by atoms with Gasteiger partial charge in [-0.05, 0) is 33.1 Å². The summed E-state index contributed by atoms with van der Waals surface area (Å²) in [5.41, 5.74) is -0.488. The summed E-state index contributed by atoms with van der Waals surface area (Å²) in [4.78, 5) is 49.2. The predicted molar refractivity (Wildman–Crippen MR) is 113 cm³/mol. The van der Waals surface area contributed by atoms with Crippen molar-refractivity contribution >= 4 is 23.6 Å². The number of rotatable bonds is 9. The van der Waals surface area contributed by atoms with E-state index in [2.05, 4.69) is 10.6 Å². The summed E-state index contributed by atoms with van der Waals surface area (Å²) in [5, 5.41) is 5.34. The van der Waals surface area contributed by atoms with Crippen molar-refractivity contribution in [2.75, 3.05) is 19.7 Å². The number of nitrogens with zero attached hydrogens (tertiary/aromatic N) is 1. The molecule has 31 heavy (non-hydrogen) atoms. The fourth-order valence-corrected chi connectivity index (χ4v) is 3.52. The summed E-state index contributed by atoms with van der Waals surface area (Å²) in [5.74, 6) is -1.89. The average molecular weight is 438 g/mol. The van der Waals surface area contributed by atoms with Crippen LogP contribution in [0.5, 0.6) is 0 Å². The topological polar surface area (TPSA) is 114 Å². The second kappa shape index (κ2) is 10.4. The van der Waals surface area contributed by atoms with E-state index in [0.29, 0.717) is 32.5 Å². The van der Waals surface area contributed by atoms with Gasteiger partial charge in [0.25, 0.3) is 5.91 Å². The lowest BCUT2D eigenvalue weighted by Crippen LogP contribution is -2.55. The van der Waals surface area contributed by atoms with Gasteiger partial charge in [-0.3, -0.25) is 24.1 Å². The van der Waals surface area contributed by atoms with Crippen LogP contribution < -0.4 is 10.6 Å². The Morgan fingerprint density at radius 3 is 2.52 bits per heavy atom. The van der Waals surface area contributed by atoms with Crippen LogP contribution in [0, 0.1) is 11.3 Å². The van der Waals surface area contributed by atoms with Gasteiger partial charge in [-0.25, -0.2) is 0 Å². The minimum absolute atomic E-state index is 0.0939. The Balaban J connectivity index is 1.62. The smallest absolute Gasteiger partial charge is 0.253 e. The molecule has 0 aromatic heterocycles. The van der Waals surface area contributed by atoms with Crippen LogP contribution in [0.1, 0.15) is 60.3 Å². The first-order chi connectivity index (χ1) is 14.4. The average Bonchev–Trinajstić information content (AvgIpc) is 2.92. The van der Waals surface area contributed by atoms with E-state index in [1.54, 1.807) is 20.8 Å². The van der Waals surface area contributed by atoms with Crippen LogP contribution in [0.25, 0.3) is 0 Å². The van der Waals surface area contributed by atoms with E-state index < -0.39 is 17.3 Å². The zero-order chi connectivity index (χ0) is 23.2. The Hall–Kier alpha value is -2.26. The molecule has 2 N–H and O–H groups in total. The first kappa shape index (κ1) is 25.0. The number of likely N-dealkylation sites (tertiary alicyclic amines) is 1. The Morgan fingerprint density at radius 2 is 1.87 bits per heavy atom. The Labute approximate surface area is 183 Å². The minimum Gasteiger partial charge on any atom is -0.353 e. The van der Waals surface area contributed by atoms with Crippen LogP contribution in [0.2, 0.25) is 0 Å². The van der Waals surface area contributed by atoms with Gasteiger partial charge in [-0.2, -0.15) is 0 Å². The van der Waals surface area contributed by atoms with E-state index >= 15 is 0 Å². The van der Waals surface area contributed by atoms with E-state index in [0.717, 1.165) is 12.8 Å². The maximum absolute atomic E-state index is 12.5. The molecule has 9 nitrogen and oxygen atoms in total. The normalized spacial score (nSPS) is 25.1. The Morgan fingerprint density at radius 1 is 1.16 bits per heavy atom. The lowest BCUT2D eigenvalue weighted by atomic mass is 9.85. The van der Waals surface area contributed by atoms with Crippen molar-refractivity contribution in [2.45, 2.75) is 72.2 Å². The Kier molecular flexibility index (Phi) is 8.36. The molecule has 4 amide bonds. The molecular weight excluding hydrogens is 402 g/mol. The first-order valence-electron chi connectivity index (χ1n) is 10.8. The SMILES string of the molecule is CC1CC(=O)N(CCCCCNC(=O)/C=C/NC(=O)[C@@H]2OC(C)(C)OCC2(C)C)C1=O. The quantitative estimate of drug-likeness (QED) is 0.321. The predicted octanol–water partition coefficient (Wildman–Crippen LogP) is 1.48. The third-order valence-corrected chi connectivity index (χ3v) is 5.43. The molecule has 2 saturated heterocycles. The number of carbonyl (C=O) groups is 4. The van der Waals surface area contributed by atoms with Crippen LogP contribution in [0.4, 0.5) is 0 Å². The van der Waals surface area contributed by atoms with Crippen LogP contribution in [0.15, 0.2) is 12.3 Å². The number of nitrogens with one attached hydrogen (secondary N) is 2. The molecular formula is C22H35N3O6. The molecule has 0 aromatic carbocycles. The van der Waals surface area contributed by atoms with Gasteiger partial charge in [-0.15, -0.1) is 0 Å². The molecule has 2 heterocycles. The molecule has 9 heteroatoms. The number of unbranched alkanes of at least 4 members (excludes halogenated alkanes) is 2. The van der Waals surface area contributed by atoms with Gasteiger partial charge in [0.2, 0.25) is 17.7 Å². The largest absolute Gasteiger partial charge is 0.353 e. The molecule has 2 aliphatic heterocycles. The highest BCUT2D eigenvalue weighted by Gasteiger charge is 2.45. The van der Waals surface area contributed by atoms with Gasteiger partial charge in [0.1, 0.15) is 6.10 Å². The molecule has 0 saturated carbocycles. The molecule has 2 rings (SSSR count). The van der Waals surface area contributed by atoms with E-state index in [-0.39, 0.29) is 29.5 Å². The van der Waals surface area contributed by atoms with Crippen LogP contribution >= 0.6 is 0 Å².